The predicted molar refractivity (Wildman–Crippen MR) is 235 cm³/mol. The largest absolute Gasteiger partial charge is 0.310 e. The minimum Gasteiger partial charge on any atom is -0.310 e. The average molecular weight is 764 g/mol. The molecule has 0 aliphatic heterocycles. The summed E-state index contributed by atoms with van der Waals surface area (Å²) in [7, 11) is 0. The second-order valence-corrected chi connectivity index (χ2v) is 15.6. The van der Waals surface area contributed by atoms with E-state index in [1.807, 2.05) is 36.4 Å². The molecule has 0 bridgehead atoms. The molecule has 0 atom stereocenters. The number of hydrogen-bond acceptors (Lipinski definition) is 1. The summed E-state index contributed by atoms with van der Waals surface area (Å²) in [6.45, 7) is 0. The second kappa shape index (κ2) is 12.5. The first kappa shape index (κ1) is 33.7. The van der Waals surface area contributed by atoms with Crippen LogP contribution in [0.5, 0.6) is 0 Å². The zero-order valence-electron chi connectivity index (χ0n) is 31.6. The first-order chi connectivity index (χ1) is 29.0. The number of halogens is 3. The van der Waals surface area contributed by atoms with Crippen molar-refractivity contribution in [1.29, 1.82) is 0 Å². The van der Waals surface area contributed by atoms with Gasteiger partial charge in [0.15, 0.2) is 0 Å². The number of hydrogen-bond donors (Lipinski definition) is 0. The first-order valence-corrected chi connectivity index (χ1v) is 19.8. The molecule has 0 saturated carbocycles. The molecule has 1 spiro atoms. The van der Waals surface area contributed by atoms with Crippen molar-refractivity contribution in [2.45, 2.75) is 5.41 Å². The Kier molecular flexibility index (Phi) is 7.16. The van der Waals surface area contributed by atoms with Crippen LogP contribution in [0.15, 0.2) is 194 Å². The Labute approximate surface area is 338 Å². The van der Waals surface area contributed by atoms with Crippen LogP contribution in [0.25, 0.3) is 65.7 Å². The van der Waals surface area contributed by atoms with Gasteiger partial charge in [-0.3, -0.25) is 0 Å². The molecule has 10 aromatic carbocycles. The van der Waals surface area contributed by atoms with Gasteiger partial charge in [0.1, 0.15) is 17.5 Å². The lowest BCUT2D eigenvalue weighted by Crippen LogP contribution is -2.26. The fourth-order valence-electron chi connectivity index (χ4n) is 10.3. The average Bonchev–Trinajstić information content (AvgIpc) is 3.73. The van der Waals surface area contributed by atoms with E-state index in [1.165, 1.54) is 34.4 Å². The molecule has 2 aliphatic carbocycles. The number of rotatable bonds is 4. The van der Waals surface area contributed by atoms with Crippen LogP contribution in [-0.4, -0.2) is 0 Å². The Morgan fingerprint density at radius 3 is 1.39 bits per heavy atom. The van der Waals surface area contributed by atoms with Crippen molar-refractivity contribution >= 4 is 49.4 Å². The first-order valence-electron chi connectivity index (χ1n) is 19.8. The summed E-state index contributed by atoms with van der Waals surface area (Å²) in [5.41, 5.74) is 9.91. The molecule has 0 N–H and O–H groups in total. The fourth-order valence-corrected chi connectivity index (χ4v) is 10.3. The lowest BCUT2D eigenvalue weighted by molar-refractivity contribution is 0.613. The van der Waals surface area contributed by atoms with Crippen LogP contribution in [0, 0.1) is 17.5 Å². The molecular formula is C55H32F3N. The van der Waals surface area contributed by atoms with Crippen molar-refractivity contribution in [2.75, 3.05) is 4.90 Å². The van der Waals surface area contributed by atoms with Crippen LogP contribution in [0.1, 0.15) is 22.3 Å². The van der Waals surface area contributed by atoms with Crippen LogP contribution < -0.4 is 4.90 Å². The molecule has 0 heterocycles. The standard InChI is InChI=1S/C55H32F3N/c56-35-19-25-45-46-26-20-36(57)30-51(46)55(50(45)29-35)49-15-8-16-53(54(49)47-27-21-37(58)31-52(47)55)59(38-22-17-34(18-23-38)33-9-2-1-3-10-33)39-24-28-44-42-13-5-4-11-40(42)41-12-6-7-14-43(41)48(44)32-39/h1-32H. The summed E-state index contributed by atoms with van der Waals surface area (Å²) in [6, 6.07) is 63.2. The monoisotopic (exact) mass is 763 g/mol. The van der Waals surface area contributed by atoms with E-state index in [0.29, 0.717) is 16.7 Å². The van der Waals surface area contributed by atoms with Crippen molar-refractivity contribution < 1.29 is 13.2 Å². The van der Waals surface area contributed by atoms with Gasteiger partial charge in [-0.2, -0.15) is 0 Å². The summed E-state index contributed by atoms with van der Waals surface area (Å²) in [5.74, 6) is -1.23. The molecule has 2 aliphatic rings. The molecular weight excluding hydrogens is 732 g/mol. The summed E-state index contributed by atoms with van der Waals surface area (Å²) >= 11 is 0. The van der Waals surface area contributed by atoms with Gasteiger partial charge >= 0.3 is 0 Å². The van der Waals surface area contributed by atoms with Gasteiger partial charge in [0.05, 0.1) is 11.1 Å². The van der Waals surface area contributed by atoms with Gasteiger partial charge in [-0.1, -0.05) is 127 Å². The maximum absolute atomic E-state index is 15.7. The van der Waals surface area contributed by atoms with Crippen molar-refractivity contribution in [2.24, 2.45) is 0 Å². The molecule has 1 nitrogen and oxygen atoms in total. The van der Waals surface area contributed by atoms with E-state index in [9.17, 15) is 0 Å². The van der Waals surface area contributed by atoms with Crippen LogP contribution >= 0.6 is 0 Å². The minimum absolute atomic E-state index is 0.407. The van der Waals surface area contributed by atoms with Crippen molar-refractivity contribution in [1.82, 2.24) is 0 Å². The Morgan fingerprint density at radius 2 is 0.797 bits per heavy atom. The lowest BCUT2D eigenvalue weighted by Gasteiger charge is -2.32. The number of fused-ring (bicyclic) bond motifs is 16. The zero-order chi connectivity index (χ0) is 39.4. The van der Waals surface area contributed by atoms with Crippen molar-refractivity contribution in [3.8, 4) is 33.4 Å². The smallest absolute Gasteiger partial charge is 0.123 e. The molecule has 59 heavy (non-hydrogen) atoms. The molecule has 12 rings (SSSR count). The van der Waals surface area contributed by atoms with Crippen LogP contribution in [0.2, 0.25) is 0 Å². The Balaban J connectivity index is 1.17. The van der Waals surface area contributed by atoms with Crippen LogP contribution in [0.4, 0.5) is 30.2 Å². The summed E-state index contributed by atoms with van der Waals surface area (Å²) in [5, 5.41) is 7.01. The lowest BCUT2D eigenvalue weighted by atomic mass is 9.70. The van der Waals surface area contributed by atoms with Crippen molar-refractivity contribution in [3.05, 3.63) is 234 Å². The van der Waals surface area contributed by atoms with Crippen LogP contribution in [0.3, 0.4) is 0 Å². The van der Waals surface area contributed by atoms with Gasteiger partial charge < -0.3 is 4.90 Å². The summed E-state index contributed by atoms with van der Waals surface area (Å²) in [6.07, 6.45) is 0. The van der Waals surface area contributed by atoms with E-state index >= 15 is 13.2 Å². The highest BCUT2D eigenvalue weighted by molar-refractivity contribution is 6.26. The topological polar surface area (TPSA) is 3.24 Å². The SMILES string of the molecule is Fc1ccc2c(c1)C1(c3cc(F)ccc3-2)c2cc(F)ccc2-c2c(N(c3ccc(-c4ccccc4)cc3)c3ccc4c5ccccc5c5ccccc5c4c3)cccc21. The summed E-state index contributed by atoms with van der Waals surface area (Å²) < 4.78 is 46.8. The highest BCUT2D eigenvalue weighted by Crippen LogP contribution is 2.65. The summed E-state index contributed by atoms with van der Waals surface area (Å²) in [4.78, 5) is 2.27. The molecule has 10 aromatic rings. The van der Waals surface area contributed by atoms with Gasteiger partial charge in [-0.25, -0.2) is 13.2 Å². The molecule has 0 aromatic heterocycles. The van der Waals surface area contributed by atoms with Gasteiger partial charge in [-0.15, -0.1) is 0 Å². The maximum atomic E-state index is 15.7. The fraction of sp³-hybridized carbons (Fsp3) is 0.0182. The molecule has 4 heteroatoms. The normalized spacial score (nSPS) is 13.1. The number of anilines is 3. The van der Waals surface area contributed by atoms with E-state index in [2.05, 4.69) is 114 Å². The number of nitrogens with zero attached hydrogens (tertiary/aromatic N) is 1. The molecule has 0 saturated heterocycles. The highest BCUT2D eigenvalue weighted by Gasteiger charge is 2.53. The Hall–Kier alpha value is -7.43. The molecule has 0 unspecified atom stereocenters. The minimum atomic E-state index is -1.17. The third kappa shape index (κ3) is 4.74. The molecule has 0 fully saturated rings. The van der Waals surface area contributed by atoms with E-state index in [4.69, 9.17) is 0 Å². The van der Waals surface area contributed by atoms with Crippen LogP contribution in [-0.2, 0) is 5.41 Å². The van der Waals surface area contributed by atoms with Gasteiger partial charge in [0, 0.05) is 16.9 Å². The Bertz CT molecular complexity index is 3280. The van der Waals surface area contributed by atoms with Gasteiger partial charge in [-0.05, 0) is 149 Å². The van der Waals surface area contributed by atoms with E-state index in [-0.39, 0.29) is 0 Å². The van der Waals surface area contributed by atoms with E-state index in [1.54, 1.807) is 30.3 Å². The quantitative estimate of drug-likeness (QED) is 0.161. The third-order valence-electron chi connectivity index (χ3n) is 12.6. The number of benzene rings is 10. The van der Waals surface area contributed by atoms with Crippen molar-refractivity contribution in [3.63, 3.8) is 0 Å². The maximum Gasteiger partial charge on any atom is 0.123 e. The molecule has 0 radical (unpaired) electrons. The third-order valence-corrected chi connectivity index (χ3v) is 12.6. The molecule has 278 valence electrons. The van der Waals surface area contributed by atoms with E-state index < -0.39 is 22.9 Å². The zero-order valence-corrected chi connectivity index (χ0v) is 31.6. The highest BCUT2D eigenvalue weighted by atomic mass is 19.1. The molecule has 0 amide bonds. The van der Waals surface area contributed by atoms with E-state index in [0.717, 1.165) is 72.2 Å². The Morgan fingerprint density at radius 1 is 0.322 bits per heavy atom. The predicted octanol–water partition coefficient (Wildman–Crippen LogP) is 15.0. The second-order valence-electron chi connectivity index (χ2n) is 15.6. The van der Waals surface area contributed by atoms with Gasteiger partial charge in [0.2, 0.25) is 0 Å². The van der Waals surface area contributed by atoms with Gasteiger partial charge in [0.25, 0.3) is 0 Å².